The molecule has 3 nitrogen and oxygen atoms in total. The molecule has 0 aliphatic carbocycles. The number of aromatic nitrogens is 2. The van der Waals surface area contributed by atoms with Gasteiger partial charge in [-0.2, -0.15) is 0 Å². The number of rotatable bonds is 6. The highest BCUT2D eigenvalue weighted by Gasteiger charge is 2.21. The van der Waals surface area contributed by atoms with Gasteiger partial charge in [-0.25, -0.2) is 4.98 Å². The summed E-state index contributed by atoms with van der Waals surface area (Å²) in [7, 11) is 0. The lowest BCUT2D eigenvalue weighted by Gasteiger charge is -2.18. The molecule has 1 atom stereocenters. The van der Waals surface area contributed by atoms with Gasteiger partial charge in [0.15, 0.2) is 6.23 Å². The van der Waals surface area contributed by atoms with Crippen LogP contribution in [0.25, 0.3) is 27.4 Å². The Morgan fingerprint density at radius 1 is 1.29 bits per heavy atom. The van der Waals surface area contributed by atoms with E-state index in [9.17, 15) is 5.11 Å². The summed E-state index contributed by atoms with van der Waals surface area (Å²) in [6.45, 7) is 5.94. The monoisotopic (exact) mass is 370 g/mol. The molecule has 1 aromatic heterocycles. The predicted molar refractivity (Wildman–Crippen MR) is 119 cm³/mol. The lowest BCUT2D eigenvalue weighted by Crippen LogP contribution is -2.12. The highest BCUT2D eigenvalue weighted by molar-refractivity contribution is 6.05. The topological polar surface area (TPSA) is 38.0 Å². The molecule has 3 rings (SSSR count). The second kappa shape index (κ2) is 8.73. The van der Waals surface area contributed by atoms with Crippen molar-refractivity contribution in [1.82, 2.24) is 9.55 Å². The third-order valence-electron chi connectivity index (χ3n) is 4.92. The Morgan fingerprint density at radius 2 is 2.07 bits per heavy atom. The average molecular weight is 370 g/mol. The lowest BCUT2D eigenvalue weighted by molar-refractivity contribution is 0.145. The minimum atomic E-state index is -0.796. The quantitative estimate of drug-likeness (QED) is 0.327. The number of aliphatic hydroxyl groups excluding tert-OH is 1. The van der Waals surface area contributed by atoms with Crippen LogP contribution in [0.15, 0.2) is 66.3 Å². The van der Waals surface area contributed by atoms with Gasteiger partial charge in [0.05, 0.1) is 11.0 Å². The Bertz CT molecular complexity index is 1120. The predicted octanol–water partition coefficient (Wildman–Crippen LogP) is 6.02. The molecule has 1 heterocycles. The first-order valence-corrected chi connectivity index (χ1v) is 9.63. The second-order valence-corrected chi connectivity index (χ2v) is 6.74. The van der Waals surface area contributed by atoms with Gasteiger partial charge in [-0.1, -0.05) is 61.6 Å². The Morgan fingerprint density at radius 3 is 2.79 bits per heavy atom. The van der Waals surface area contributed by atoms with Crippen LogP contribution in [0.1, 0.15) is 45.7 Å². The van der Waals surface area contributed by atoms with Crippen LogP contribution < -0.4 is 0 Å². The number of nitrogens with zero attached hydrogens (tertiary/aromatic N) is 2. The van der Waals surface area contributed by atoms with Gasteiger partial charge in [0.25, 0.3) is 0 Å². The minimum absolute atomic E-state index is 0.506. The molecule has 3 aromatic rings. The van der Waals surface area contributed by atoms with Gasteiger partial charge in [0.2, 0.25) is 0 Å². The van der Waals surface area contributed by atoms with Crippen LogP contribution in [-0.2, 0) is 0 Å². The van der Waals surface area contributed by atoms with Crippen molar-refractivity contribution in [3.05, 3.63) is 72.1 Å². The Kier molecular flexibility index (Phi) is 6.13. The number of aliphatic hydroxyl groups is 1. The van der Waals surface area contributed by atoms with Crippen molar-refractivity contribution in [2.45, 2.75) is 39.8 Å². The molecule has 0 amide bonds. The molecule has 3 heteroatoms. The van der Waals surface area contributed by atoms with E-state index in [-0.39, 0.29) is 0 Å². The number of allylic oxidation sites excluding steroid dienone is 5. The number of benzene rings is 2. The van der Waals surface area contributed by atoms with Gasteiger partial charge in [-0.3, -0.25) is 4.57 Å². The van der Waals surface area contributed by atoms with Gasteiger partial charge in [0, 0.05) is 17.4 Å². The smallest absolute Gasteiger partial charge is 0.154 e. The maximum absolute atomic E-state index is 11.1. The SMILES string of the molecule is C#CC/C=C(\C=C/CC)c1nc2c3ccccc3ccc2n1C(O)/C(C)=C/C. The van der Waals surface area contributed by atoms with Gasteiger partial charge < -0.3 is 5.11 Å². The standard InChI is InChI=1S/C25H26N2O/c1-5-8-12-20(13-9-6-2)24-26-23-21-15-11-10-14-19(21)16-17-22(23)27(24)25(28)18(4)7-3/h1,7,9-17,25,28H,6,8H2,2-4H3/b13-9-,18-7+,20-12+. The molecule has 0 saturated heterocycles. The Balaban J connectivity index is 2.37. The van der Waals surface area contributed by atoms with Crippen molar-refractivity contribution in [1.29, 1.82) is 0 Å². The lowest BCUT2D eigenvalue weighted by atomic mass is 10.1. The van der Waals surface area contributed by atoms with Crippen LogP contribution in [0.2, 0.25) is 0 Å². The second-order valence-electron chi connectivity index (χ2n) is 6.74. The van der Waals surface area contributed by atoms with Crippen molar-refractivity contribution in [3.63, 3.8) is 0 Å². The van der Waals surface area contributed by atoms with E-state index in [2.05, 4.69) is 37.1 Å². The van der Waals surface area contributed by atoms with E-state index >= 15 is 0 Å². The van der Waals surface area contributed by atoms with Crippen LogP contribution in [0.5, 0.6) is 0 Å². The number of hydrogen-bond donors (Lipinski definition) is 1. The molecule has 2 aromatic carbocycles. The fraction of sp³-hybridized carbons (Fsp3) is 0.240. The van der Waals surface area contributed by atoms with Crippen molar-refractivity contribution in [2.75, 3.05) is 0 Å². The molecule has 1 unspecified atom stereocenters. The van der Waals surface area contributed by atoms with E-state index in [1.54, 1.807) is 0 Å². The van der Waals surface area contributed by atoms with E-state index in [0.717, 1.165) is 45.2 Å². The van der Waals surface area contributed by atoms with Gasteiger partial charge >= 0.3 is 0 Å². The summed E-state index contributed by atoms with van der Waals surface area (Å²) < 4.78 is 1.90. The zero-order valence-corrected chi connectivity index (χ0v) is 16.7. The third kappa shape index (κ3) is 3.65. The molecule has 0 radical (unpaired) electrons. The normalized spacial score (nSPS) is 14.1. The Labute approximate surface area is 166 Å². The fourth-order valence-electron chi connectivity index (χ4n) is 3.28. The van der Waals surface area contributed by atoms with Gasteiger partial charge in [-0.15, -0.1) is 12.3 Å². The first-order valence-electron chi connectivity index (χ1n) is 9.63. The Hall–Kier alpha value is -3.09. The zero-order chi connectivity index (χ0) is 20.1. The maximum atomic E-state index is 11.1. The van der Waals surface area contributed by atoms with Crippen molar-refractivity contribution < 1.29 is 5.11 Å². The summed E-state index contributed by atoms with van der Waals surface area (Å²) in [5.74, 6) is 3.39. The zero-order valence-electron chi connectivity index (χ0n) is 16.7. The molecule has 0 aliphatic rings. The molecule has 0 fully saturated rings. The number of fused-ring (bicyclic) bond motifs is 3. The van der Waals surface area contributed by atoms with E-state index in [0.29, 0.717) is 6.42 Å². The van der Waals surface area contributed by atoms with Crippen molar-refractivity contribution >= 4 is 27.4 Å². The van der Waals surface area contributed by atoms with E-state index < -0.39 is 6.23 Å². The van der Waals surface area contributed by atoms with Crippen LogP contribution in [0.4, 0.5) is 0 Å². The molecule has 0 spiro atoms. The summed E-state index contributed by atoms with van der Waals surface area (Å²) >= 11 is 0. The molecular formula is C25H26N2O. The first-order chi connectivity index (χ1) is 13.6. The van der Waals surface area contributed by atoms with Crippen LogP contribution in [0.3, 0.4) is 0 Å². The first kappa shape index (κ1) is 19.7. The molecule has 1 N–H and O–H groups in total. The van der Waals surface area contributed by atoms with Crippen LogP contribution in [-0.4, -0.2) is 14.7 Å². The molecule has 0 saturated carbocycles. The summed E-state index contributed by atoms with van der Waals surface area (Å²) in [6.07, 6.45) is 14.1. The number of terminal acetylenes is 1. The highest BCUT2D eigenvalue weighted by atomic mass is 16.3. The molecule has 28 heavy (non-hydrogen) atoms. The van der Waals surface area contributed by atoms with E-state index in [4.69, 9.17) is 11.4 Å². The highest BCUT2D eigenvalue weighted by Crippen LogP contribution is 2.32. The summed E-state index contributed by atoms with van der Waals surface area (Å²) in [5, 5.41) is 13.3. The molecular weight excluding hydrogens is 344 g/mol. The molecule has 0 aliphatic heterocycles. The average Bonchev–Trinajstić information content (AvgIpc) is 3.12. The fourth-order valence-corrected chi connectivity index (χ4v) is 3.28. The van der Waals surface area contributed by atoms with Crippen molar-refractivity contribution in [3.8, 4) is 12.3 Å². The van der Waals surface area contributed by atoms with Gasteiger partial charge in [0.1, 0.15) is 5.82 Å². The third-order valence-corrected chi connectivity index (χ3v) is 4.92. The number of imidazole rings is 1. The van der Waals surface area contributed by atoms with E-state index in [1.165, 1.54) is 0 Å². The molecule has 142 valence electrons. The summed E-state index contributed by atoms with van der Waals surface area (Å²) in [4.78, 5) is 4.97. The van der Waals surface area contributed by atoms with Crippen LogP contribution >= 0.6 is 0 Å². The van der Waals surface area contributed by atoms with E-state index in [1.807, 2.05) is 54.8 Å². The minimum Gasteiger partial charge on any atom is -0.369 e. The summed E-state index contributed by atoms with van der Waals surface area (Å²) in [5.41, 5.74) is 3.57. The summed E-state index contributed by atoms with van der Waals surface area (Å²) in [6, 6.07) is 12.3. The van der Waals surface area contributed by atoms with Crippen molar-refractivity contribution in [2.24, 2.45) is 0 Å². The molecule has 0 bridgehead atoms. The maximum Gasteiger partial charge on any atom is 0.154 e. The van der Waals surface area contributed by atoms with Gasteiger partial charge in [-0.05, 0) is 37.3 Å². The largest absolute Gasteiger partial charge is 0.369 e. The van der Waals surface area contributed by atoms with Crippen LogP contribution in [0, 0.1) is 12.3 Å². The number of hydrogen-bond acceptors (Lipinski definition) is 2.